The van der Waals surface area contributed by atoms with Crippen molar-refractivity contribution >= 4 is 10.9 Å². The second-order valence-corrected chi connectivity index (χ2v) is 7.15. The fourth-order valence-corrected chi connectivity index (χ4v) is 3.96. The quantitative estimate of drug-likeness (QED) is 0.827. The van der Waals surface area contributed by atoms with Crippen LogP contribution >= 0.6 is 0 Å². The van der Waals surface area contributed by atoms with Gasteiger partial charge in [0.15, 0.2) is 0 Å². The minimum atomic E-state index is -3.04. The first-order valence-electron chi connectivity index (χ1n) is 9.08. The van der Waals surface area contributed by atoms with E-state index in [0.29, 0.717) is 17.3 Å². The van der Waals surface area contributed by atoms with E-state index in [-0.39, 0.29) is 16.7 Å². The normalized spacial score (nSPS) is 16.5. The maximum atomic E-state index is 14.4. The topological polar surface area (TPSA) is 25.2 Å². The highest BCUT2D eigenvalue weighted by Gasteiger charge is 2.32. The minimum Gasteiger partial charge on any atom is -0.311 e. The zero-order valence-corrected chi connectivity index (χ0v) is 15.2. The van der Waals surface area contributed by atoms with Crippen LogP contribution < -0.4 is 5.56 Å². The van der Waals surface area contributed by atoms with Gasteiger partial charge in [0.2, 0.25) is 0 Å². The van der Waals surface area contributed by atoms with Gasteiger partial charge in [-0.2, -0.15) is 0 Å². The molecular weight excluding hydrogens is 322 g/mol. The molecule has 5 heteroatoms. The van der Waals surface area contributed by atoms with Crippen molar-refractivity contribution in [2.45, 2.75) is 52.0 Å². The molecule has 2 aromatic rings. The van der Waals surface area contributed by atoms with Crippen molar-refractivity contribution in [2.75, 3.05) is 13.1 Å². The molecule has 1 aliphatic rings. The van der Waals surface area contributed by atoms with Gasteiger partial charge in [-0.1, -0.05) is 19.4 Å². The molecular formula is C20H26F2N2O. The van der Waals surface area contributed by atoms with Crippen LogP contribution in [0.5, 0.6) is 0 Å². The lowest BCUT2D eigenvalue weighted by molar-refractivity contribution is 0.0180. The van der Waals surface area contributed by atoms with Crippen molar-refractivity contribution in [1.29, 1.82) is 0 Å². The van der Waals surface area contributed by atoms with E-state index in [2.05, 4.69) is 4.90 Å². The van der Waals surface area contributed by atoms with Crippen LogP contribution in [0.2, 0.25) is 0 Å². The molecule has 3 nitrogen and oxygen atoms in total. The molecule has 1 aliphatic heterocycles. The van der Waals surface area contributed by atoms with Gasteiger partial charge in [-0.3, -0.25) is 9.69 Å². The Morgan fingerprint density at radius 2 is 1.84 bits per heavy atom. The largest absolute Gasteiger partial charge is 0.311 e. The number of aryl methyl sites for hydroxylation is 1. The number of halogens is 2. The zero-order valence-electron chi connectivity index (χ0n) is 15.2. The van der Waals surface area contributed by atoms with Crippen LogP contribution in [0.4, 0.5) is 8.78 Å². The Labute approximate surface area is 147 Å². The van der Waals surface area contributed by atoms with E-state index in [4.69, 9.17) is 0 Å². The first kappa shape index (κ1) is 18.1. The molecule has 0 atom stereocenters. The van der Waals surface area contributed by atoms with Crippen LogP contribution in [-0.4, -0.2) is 22.6 Å². The van der Waals surface area contributed by atoms with Crippen LogP contribution in [0.15, 0.2) is 23.0 Å². The lowest BCUT2D eigenvalue weighted by atomic mass is 9.95. The Hall–Kier alpha value is -1.75. The van der Waals surface area contributed by atoms with Gasteiger partial charge >= 0.3 is 0 Å². The van der Waals surface area contributed by atoms with Crippen LogP contribution in [0.3, 0.4) is 0 Å². The van der Waals surface area contributed by atoms with Crippen molar-refractivity contribution in [3.8, 4) is 0 Å². The molecule has 0 bridgehead atoms. The van der Waals surface area contributed by atoms with E-state index >= 15 is 0 Å². The van der Waals surface area contributed by atoms with Gasteiger partial charge in [0, 0.05) is 37.0 Å². The van der Waals surface area contributed by atoms with Crippen LogP contribution in [-0.2, 0) is 25.9 Å². The molecule has 25 heavy (non-hydrogen) atoms. The molecule has 1 fully saturated rings. The van der Waals surface area contributed by atoms with E-state index < -0.39 is 5.92 Å². The molecule has 0 N–H and O–H groups in total. The highest BCUT2D eigenvalue weighted by atomic mass is 19.3. The Bertz CT molecular complexity index is 830. The maximum Gasteiger partial charge on any atom is 0.271 e. The highest BCUT2D eigenvalue weighted by Crippen LogP contribution is 2.35. The van der Waals surface area contributed by atoms with Crippen molar-refractivity contribution in [3.63, 3.8) is 0 Å². The lowest BCUT2D eigenvalue weighted by Gasteiger charge is -2.27. The number of hydrogen-bond donors (Lipinski definition) is 0. The van der Waals surface area contributed by atoms with Gasteiger partial charge in [0.05, 0.1) is 5.52 Å². The van der Waals surface area contributed by atoms with Crippen molar-refractivity contribution < 1.29 is 8.78 Å². The third-order valence-electron chi connectivity index (χ3n) is 5.20. The first-order valence-corrected chi connectivity index (χ1v) is 9.08. The Balaban J connectivity index is 2.16. The van der Waals surface area contributed by atoms with E-state index in [1.54, 1.807) is 14.0 Å². The molecule has 1 aromatic carbocycles. The smallest absolute Gasteiger partial charge is 0.271 e. The Morgan fingerprint density at radius 3 is 2.44 bits per heavy atom. The van der Waals surface area contributed by atoms with E-state index in [9.17, 15) is 13.6 Å². The number of benzene rings is 1. The number of pyridine rings is 1. The monoisotopic (exact) mass is 348 g/mol. The predicted octanol–water partition coefficient (Wildman–Crippen LogP) is 4.20. The van der Waals surface area contributed by atoms with Crippen molar-refractivity contribution in [1.82, 2.24) is 9.47 Å². The summed E-state index contributed by atoms with van der Waals surface area (Å²) in [5, 5.41) is 0.501. The summed E-state index contributed by atoms with van der Waals surface area (Å²) in [6.07, 6.45) is 3.96. The molecule has 1 saturated heterocycles. The summed E-state index contributed by atoms with van der Waals surface area (Å²) in [5.74, 6) is -3.04. The predicted molar refractivity (Wildman–Crippen MR) is 97.3 cm³/mol. The Morgan fingerprint density at radius 1 is 1.16 bits per heavy atom. The summed E-state index contributed by atoms with van der Waals surface area (Å²) in [6.45, 7) is 5.53. The number of hydrogen-bond acceptors (Lipinski definition) is 2. The summed E-state index contributed by atoms with van der Waals surface area (Å²) in [5.41, 5.74) is 1.39. The summed E-state index contributed by atoms with van der Waals surface area (Å²) in [7, 11) is 1.66. The molecule has 0 radical (unpaired) electrons. The summed E-state index contributed by atoms with van der Waals surface area (Å²) in [4.78, 5) is 14.9. The van der Waals surface area contributed by atoms with E-state index in [0.717, 1.165) is 32.1 Å². The van der Waals surface area contributed by atoms with E-state index in [1.807, 2.05) is 18.2 Å². The fraction of sp³-hybridized carbons (Fsp3) is 0.550. The van der Waals surface area contributed by atoms with Gasteiger partial charge in [-0.05, 0) is 50.0 Å². The number of piperidine rings is 1. The molecule has 2 heterocycles. The number of aromatic nitrogens is 1. The average Bonchev–Trinajstić information content (AvgIpc) is 2.57. The molecule has 3 rings (SSSR count). The summed E-state index contributed by atoms with van der Waals surface area (Å²) < 4.78 is 30.2. The van der Waals surface area contributed by atoms with Crippen molar-refractivity contribution in [2.24, 2.45) is 7.05 Å². The van der Waals surface area contributed by atoms with Crippen molar-refractivity contribution in [3.05, 3.63) is 45.2 Å². The molecule has 0 aliphatic carbocycles. The number of nitrogens with zero attached hydrogens (tertiary/aromatic N) is 2. The van der Waals surface area contributed by atoms with Crippen LogP contribution in [0.1, 0.15) is 49.8 Å². The maximum absolute atomic E-state index is 14.4. The average molecular weight is 348 g/mol. The molecule has 0 spiro atoms. The second kappa shape index (κ2) is 6.87. The number of likely N-dealkylation sites (tertiary alicyclic amines) is 1. The highest BCUT2D eigenvalue weighted by molar-refractivity contribution is 5.85. The third-order valence-corrected chi connectivity index (χ3v) is 5.20. The lowest BCUT2D eigenvalue weighted by Crippen LogP contribution is -2.29. The van der Waals surface area contributed by atoms with Crippen LogP contribution in [0, 0.1) is 0 Å². The van der Waals surface area contributed by atoms with E-state index in [1.165, 1.54) is 23.8 Å². The third kappa shape index (κ3) is 3.47. The standard InChI is InChI=1S/C20H26F2N2O/c1-4-15-18(20(2,21)22)16-12-14(13-24-10-6-5-7-11-24)8-9-17(16)23(3)19(15)25/h8-9,12H,4-7,10-11,13H2,1-3H3. The molecule has 1 aromatic heterocycles. The van der Waals surface area contributed by atoms with Crippen LogP contribution in [0.25, 0.3) is 10.9 Å². The SMILES string of the molecule is CCc1c(C(C)(F)F)c2cc(CN3CCCCC3)ccc2n(C)c1=O. The Kier molecular flexibility index (Phi) is 4.96. The molecule has 0 amide bonds. The molecule has 0 unspecified atom stereocenters. The number of rotatable bonds is 4. The van der Waals surface area contributed by atoms with Gasteiger partial charge in [-0.25, -0.2) is 8.78 Å². The summed E-state index contributed by atoms with van der Waals surface area (Å²) in [6, 6.07) is 5.62. The summed E-state index contributed by atoms with van der Waals surface area (Å²) >= 11 is 0. The van der Waals surface area contributed by atoms with Gasteiger partial charge in [-0.15, -0.1) is 0 Å². The minimum absolute atomic E-state index is 0.103. The molecule has 0 saturated carbocycles. The molecule has 136 valence electrons. The number of alkyl halides is 2. The van der Waals surface area contributed by atoms with Gasteiger partial charge < -0.3 is 4.57 Å². The fourth-order valence-electron chi connectivity index (χ4n) is 3.96. The number of fused-ring (bicyclic) bond motifs is 1. The second-order valence-electron chi connectivity index (χ2n) is 7.15. The first-order chi connectivity index (χ1) is 11.8. The zero-order chi connectivity index (χ0) is 18.2. The van der Waals surface area contributed by atoms with Gasteiger partial charge in [0.25, 0.3) is 11.5 Å². The van der Waals surface area contributed by atoms with Gasteiger partial charge in [0.1, 0.15) is 0 Å².